The Morgan fingerprint density at radius 1 is 1.24 bits per heavy atom. The minimum Gasteiger partial charge on any atom is -0.394 e. The van der Waals surface area contributed by atoms with Crippen molar-refractivity contribution < 1.29 is 5.11 Å². The van der Waals surface area contributed by atoms with E-state index in [1.165, 1.54) is 26.7 Å². The van der Waals surface area contributed by atoms with Gasteiger partial charge in [-0.2, -0.15) is 0 Å². The number of thiophene rings is 1. The van der Waals surface area contributed by atoms with Crippen LogP contribution in [0, 0.1) is 6.92 Å². The fourth-order valence-corrected chi connectivity index (χ4v) is 4.59. The highest BCUT2D eigenvalue weighted by Crippen LogP contribution is 2.47. The number of amidine groups is 1. The molecule has 1 aromatic carbocycles. The maximum absolute atomic E-state index is 9.15. The third-order valence-electron chi connectivity index (χ3n) is 4.56. The van der Waals surface area contributed by atoms with E-state index >= 15 is 0 Å². The highest BCUT2D eigenvalue weighted by atomic mass is 32.1. The van der Waals surface area contributed by atoms with Gasteiger partial charge in [-0.1, -0.05) is 29.8 Å². The molecule has 2 aliphatic rings. The van der Waals surface area contributed by atoms with Gasteiger partial charge in [0.05, 0.1) is 18.8 Å². The zero-order valence-corrected chi connectivity index (χ0v) is 15.5. The summed E-state index contributed by atoms with van der Waals surface area (Å²) in [5.74, 6) is 0.880. The van der Waals surface area contributed by atoms with Crippen molar-refractivity contribution in [1.29, 1.82) is 0 Å². The summed E-state index contributed by atoms with van der Waals surface area (Å²) in [7, 11) is 2.06. The molecule has 1 aromatic heterocycles. The van der Waals surface area contributed by atoms with Crippen LogP contribution in [0.1, 0.15) is 12.5 Å². The maximum atomic E-state index is 9.15. The first-order chi connectivity index (χ1) is 12.1. The summed E-state index contributed by atoms with van der Waals surface area (Å²) < 4.78 is 0. The van der Waals surface area contributed by atoms with Crippen LogP contribution in [0.15, 0.2) is 47.2 Å². The number of rotatable bonds is 3. The van der Waals surface area contributed by atoms with Crippen molar-refractivity contribution in [3.8, 4) is 10.4 Å². The Balaban J connectivity index is 1.78. The number of nitrogens with one attached hydrogen (secondary N) is 1. The van der Waals surface area contributed by atoms with Crippen LogP contribution in [-0.2, 0) is 0 Å². The number of fused-ring (bicyclic) bond motifs is 3. The topological polar surface area (TPSA) is 51.1 Å². The number of benzene rings is 1. The number of aliphatic hydroxyl groups excluding tert-OH is 1. The number of allylic oxidation sites excluding steroid dienone is 1. The average Bonchev–Trinajstić information content (AvgIpc) is 3.14. The van der Waals surface area contributed by atoms with Crippen LogP contribution in [0.4, 0.5) is 10.7 Å². The van der Waals surface area contributed by atoms with Gasteiger partial charge in [0, 0.05) is 23.8 Å². The summed E-state index contributed by atoms with van der Waals surface area (Å²) >= 11 is 1.79. The number of hydrogen-bond acceptors (Lipinski definition) is 5. The summed E-state index contributed by atoms with van der Waals surface area (Å²) in [4.78, 5) is 10.3. The number of nitrogens with zero attached hydrogens (tertiary/aromatic N) is 3. The molecular weight excluding hydrogens is 332 g/mol. The second-order valence-corrected chi connectivity index (χ2v) is 7.52. The molecular formula is C19H22N4OS. The molecule has 6 heteroatoms. The van der Waals surface area contributed by atoms with Gasteiger partial charge in [-0.05, 0) is 25.5 Å². The van der Waals surface area contributed by atoms with Gasteiger partial charge in [0.15, 0.2) is 6.17 Å². The van der Waals surface area contributed by atoms with E-state index < -0.39 is 0 Å². The summed E-state index contributed by atoms with van der Waals surface area (Å²) in [6.07, 6.45) is 2.17. The van der Waals surface area contributed by atoms with E-state index in [1.807, 2.05) is 0 Å². The molecule has 0 radical (unpaired) electrons. The lowest BCUT2D eigenvalue weighted by molar-refractivity contribution is 0.306. The largest absolute Gasteiger partial charge is 0.394 e. The fraction of sp³-hybridized carbons (Fsp3) is 0.316. The molecule has 1 atom stereocenters. The second kappa shape index (κ2) is 6.20. The molecule has 0 spiro atoms. The standard InChI is InChI=1S/C19H22N4OS/c1-12-4-6-14(7-5-12)16-10-15-19(25-16)23-13(2)11-22(3)18(23)17(21-15)20-8-9-24/h4-7,10-11,18,24H,8-9H2,1-3H3,(H,20,21). The molecule has 5 nitrogen and oxygen atoms in total. The van der Waals surface area contributed by atoms with Gasteiger partial charge in [0.25, 0.3) is 0 Å². The summed E-state index contributed by atoms with van der Waals surface area (Å²) in [6, 6.07) is 10.8. The summed E-state index contributed by atoms with van der Waals surface area (Å²) in [6.45, 7) is 4.69. The van der Waals surface area contributed by atoms with Gasteiger partial charge in [0.2, 0.25) is 0 Å². The van der Waals surface area contributed by atoms with E-state index in [4.69, 9.17) is 5.11 Å². The lowest BCUT2D eigenvalue weighted by atomic mass is 10.1. The molecule has 0 amide bonds. The molecule has 0 saturated heterocycles. The van der Waals surface area contributed by atoms with Gasteiger partial charge in [-0.3, -0.25) is 4.99 Å². The molecule has 0 saturated carbocycles. The molecule has 0 aliphatic carbocycles. The number of hydrogen-bond donors (Lipinski definition) is 2. The van der Waals surface area contributed by atoms with E-state index in [2.05, 4.69) is 77.5 Å². The number of aliphatic imine (C=N–C) groups is 1. The van der Waals surface area contributed by atoms with E-state index in [0.717, 1.165) is 11.5 Å². The molecule has 1 unspecified atom stereocenters. The van der Waals surface area contributed by atoms with Crippen molar-refractivity contribution in [2.45, 2.75) is 20.0 Å². The molecule has 130 valence electrons. The molecule has 4 rings (SSSR count). The minimum absolute atomic E-state index is 0.0311. The lowest BCUT2D eigenvalue weighted by Gasteiger charge is -2.36. The van der Waals surface area contributed by atoms with Gasteiger partial charge in [-0.15, -0.1) is 11.3 Å². The lowest BCUT2D eigenvalue weighted by Crippen LogP contribution is -2.50. The minimum atomic E-state index is 0.0311. The Labute approximate surface area is 151 Å². The summed E-state index contributed by atoms with van der Waals surface area (Å²) in [5.41, 5.74) is 4.77. The van der Waals surface area contributed by atoms with Crippen molar-refractivity contribution in [3.05, 3.63) is 47.8 Å². The van der Waals surface area contributed by atoms with E-state index in [-0.39, 0.29) is 12.8 Å². The third kappa shape index (κ3) is 2.71. The van der Waals surface area contributed by atoms with E-state index in [9.17, 15) is 0 Å². The number of aliphatic hydroxyl groups is 1. The zero-order valence-electron chi connectivity index (χ0n) is 14.7. The van der Waals surface area contributed by atoms with Gasteiger partial charge in [-0.25, -0.2) is 0 Å². The summed E-state index contributed by atoms with van der Waals surface area (Å²) in [5, 5.41) is 13.9. The quantitative estimate of drug-likeness (QED) is 0.886. The van der Waals surface area contributed by atoms with Crippen LogP contribution < -0.4 is 10.2 Å². The van der Waals surface area contributed by atoms with Crippen molar-refractivity contribution in [2.75, 3.05) is 30.4 Å². The van der Waals surface area contributed by atoms with Crippen molar-refractivity contribution in [1.82, 2.24) is 4.90 Å². The maximum Gasteiger partial charge on any atom is 0.165 e. The molecule has 25 heavy (non-hydrogen) atoms. The zero-order chi connectivity index (χ0) is 17.6. The smallest absolute Gasteiger partial charge is 0.165 e. The average molecular weight is 354 g/mol. The fourth-order valence-electron chi connectivity index (χ4n) is 3.39. The van der Waals surface area contributed by atoms with Crippen LogP contribution in [0.5, 0.6) is 0 Å². The highest BCUT2D eigenvalue weighted by Gasteiger charge is 2.39. The molecule has 0 bridgehead atoms. The monoisotopic (exact) mass is 354 g/mol. The van der Waals surface area contributed by atoms with Crippen LogP contribution in [0.3, 0.4) is 0 Å². The van der Waals surface area contributed by atoms with Gasteiger partial charge in [0.1, 0.15) is 10.8 Å². The number of likely N-dealkylation sites (N-methyl/N-ethyl adjacent to an activating group) is 1. The number of anilines is 2. The van der Waals surface area contributed by atoms with Gasteiger partial charge >= 0.3 is 0 Å². The third-order valence-corrected chi connectivity index (χ3v) is 5.74. The molecule has 2 aliphatic heterocycles. The van der Waals surface area contributed by atoms with Gasteiger partial charge < -0.3 is 20.2 Å². The van der Waals surface area contributed by atoms with E-state index in [0.29, 0.717) is 6.54 Å². The van der Waals surface area contributed by atoms with Crippen molar-refractivity contribution in [3.63, 3.8) is 0 Å². The first kappa shape index (κ1) is 16.2. The molecule has 2 N–H and O–H groups in total. The van der Waals surface area contributed by atoms with Crippen molar-refractivity contribution in [2.24, 2.45) is 4.99 Å². The van der Waals surface area contributed by atoms with Crippen LogP contribution >= 0.6 is 11.3 Å². The molecule has 3 heterocycles. The van der Waals surface area contributed by atoms with Crippen molar-refractivity contribution >= 4 is 27.9 Å². The Morgan fingerprint density at radius 3 is 2.72 bits per heavy atom. The first-order valence-electron chi connectivity index (χ1n) is 8.41. The van der Waals surface area contributed by atoms with Crippen LogP contribution in [0.2, 0.25) is 0 Å². The van der Waals surface area contributed by atoms with E-state index in [1.54, 1.807) is 11.3 Å². The normalized spacial score (nSPS) is 20.4. The Bertz CT molecular complexity index is 853. The SMILES string of the molecule is CC1=CN(C)C2C(=NCCO)Nc3cc(-c4ccc(C)cc4)sc3N12. The number of aryl methyl sites for hydroxylation is 1. The Morgan fingerprint density at radius 2 is 2.00 bits per heavy atom. The first-order valence-corrected chi connectivity index (χ1v) is 9.23. The van der Waals surface area contributed by atoms with Crippen LogP contribution in [0.25, 0.3) is 10.4 Å². The predicted molar refractivity (Wildman–Crippen MR) is 105 cm³/mol. The second-order valence-electron chi connectivity index (χ2n) is 6.49. The predicted octanol–water partition coefficient (Wildman–Crippen LogP) is 3.48. The highest BCUT2D eigenvalue weighted by molar-refractivity contribution is 7.20. The molecule has 2 aromatic rings. The Kier molecular flexibility index (Phi) is 4.01. The Hall–Kier alpha value is -2.31. The van der Waals surface area contributed by atoms with Crippen LogP contribution in [-0.4, -0.2) is 42.2 Å². The molecule has 0 fully saturated rings.